The van der Waals surface area contributed by atoms with E-state index in [0.29, 0.717) is 5.82 Å². The Bertz CT molecular complexity index is 774. The van der Waals surface area contributed by atoms with Crippen molar-refractivity contribution in [2.45, 2.75) is 13.0 Å². The van der Waals surface area contributed by atoms with Gasteiger partial charge in [0.15, 0.2) is 0 Å². The summed E-state index contributed by atoms with van der Waals surface area (Å²) >= 11 is 5.96. The molecule has 0 saturated carbocycles. The van der Waals surface area contributed by atoms with Crippen LogP contribution in [0.25, 0.3) is 10.9 Å². The second-order valence-electron chi connectivity index (χ2n) is 4.78. The maximum absolute atomic E-state index is 13.0. The topological polar surface area (TPSA) is 37.8 Å². The van der Waals surface area contributed by atoms with Crippen molar-refractivity contribution in [2.75, 3.05) is 5.32 Å². The second kappa shape index (κ2) is 5.66. The summed E-state index contributed by atoms with van der Waals surface area (Å²) in [4.78, 5) is 8.45. The number of nitrogens with zero attached hydrogens (tertiary/aromatic N) is 2. The van der Waals surface area contributed by atoms with Crippen LogP contribution in [0.1, 0.15) is 18.5 Å². The number of hydrogen-bond donors (Lipinski definition) is 1. The fourth-order valence-electron chi connectivity index (χ4n) is 2.20. The van der Waals surface area contributed by atoms with Crippen molar-refractivity contribution in [1.29, 1.82) is 0 Å². The summed E-state index contributed by atoms with van der Waals surface area (Å²) in [6, 6.07) is 14.0. The first-order valence-electron chi connectivity index (χ1n) is 6.58. The van der Waals surface area contributed by atoms with Gasteiger partial charge in [-0.1, -0.05) is 24.3 Å². The molecule has 0 aliphatic rings. The minimum absolute atomic E-state index is 0.0278. The van der Waals surface area contributed by atoms with Crippen molar-refractivity contribution in [1.82, 2.24) is 9.97 Å². The number of para-hydroxylation sites is 1. The van der Waals surface area contributed by atoms with E-state index in [0.717, 1.165) is 16.5 Å². The smallest absolute Gasteiger partial charge is 0.224 e. The van der Waals surface area contributed by atoms with Crippen molar-refractivity contribution in [3.05, 3.63) is 65.2 Å². The Hall–Kier alpha value is -2.20. The van der Waals surface area contributed by atoms with E-state index in [2.05, 4.69) is 15.3 Å². The summed E-state index contributed by atoms with van der Waals surface area (Å²) in [6.45, 7) is 1.98. The molecule has 1 aromatic heterocycles. The molecule has 1 unspecified atom stereocenters. The molecule has 0 radical (unpaired) electrons. The lowest BCUT2D eigenvalue weighted by Crippen LogP contribution is -2.09. The van der Waals surface area contributed by atoms with E-state index in [1.165, 1.54) is 12.1 Å². The first kappa shape index (κ1) is 13.8. The van der Waals surface area contributed by atoms with Gasteiger partial charge in [0.25, 0.3) is 0 Å². The molecule has 2 aromatic carbocycles. The highest BCUT2D eigenvalue weighted by Gasteiger charge is 2.10. The normalized spacial score (nSPS) is 12.3. The molecule has 0 amide bonds. The molecule has 0 aliphatic heterocycles. The number of hydrogen-bond acceptors (Lipinski definition) is 3. The summed E-state index contributed by atoms with van der Waals surface area (Å²) in [5, 5.41) is 4.40. The Morgan fingerprint density at radius 3 is 2.52 bits per heavy atom. The number of rotatable bonds is 3. The van der Waals surface area contributed by atoms with Crippen molar-refractivity contribution < 1.29 is 4.39 Å². The highest BCUT2D eigenvalue weighted by atomic mass is 35.5. The molecule has 5 heteroatoms. The van der Waals surface area contributed by atoms with Crippen LogP contribution in [0.4, 0.5) is 10.2 Å². The Labute approximate surface area is 126 Å². The largest absolute Gasteiger partial charge is 0.363 e. The van der Waals surface area contributed by atoms with Crippen LogP contribution >= 0.6 is 11.6 Å². The molecule has 1 N–H and O–H groups in total. The second-order valence-corrected chi connectivity index (χ2v) is 5.11. The van der Waals surface area contributed by atoms with E-state index >= 15 is 0 Å². The fourth-order valence-corrected chi connectivity index (χ4v) is 2.37. The summed E-state index contributed by atoms with van der Waals surface area (Å²) in [5.74, 6) is 0.420. The number of fused-ring (bicyclic) bond motifs is 1. The summed E-state index contributed by atoms with van der Waals surface area (Å²) < 4.78 is 13.0. The van der Waals surface area contributed by atoms with E-state index in [1.54, 1.807) is 12.1 Å². The van der Waals surface area contributed by atoms with Crippen LogP contribution in [0.15, 0.2) is 48.5 Å². The zero-order valence-electron chi connectivity index (χ0n) is 11.3. The Morgan fingerprint density at radius 2 is 1.76 bits per heavy atom. The minimum atomic E-state index is -0.249. The first-order valence-corrected chi connectivity index (χ1v) is 6.95. The van der Waals surface area contributed by atoms with Crippen LogP contribution in [0.3, 0.4) is 0 Å². The van der Waals surface area contributed by atoms with Gasteiger partial charge in [-0.15, -0.1) is 0 Å². The van der Waals surface area contributed by atoms with Crippen LogP contribution in [0.2, 0.25) is 5.28 Å². The summed E-state index contributed by atoms with van der Waals surface area (Å²) in [6.07, 6.45) is 0. The summed E-state index contributed by atoms with van der Waals surface area (Å²) in [7, 11) is 0. The van der Waals surface area contributed by atoms with E-state index in [4.69, 9.17) is 11.6 Å². The lowest BCUT2D eigenvalue weighted by Gasteiger charge is -2.16. The monoisotopic (exact) mass is 301 g/mol. The Kier molecular flexibility index (Phi) is 3.71. The van der Waals surface area contributed by atoms with Crippen LogP contribution in [0.5, 0.6) is 0 Å². The molecule has 21 heavy (non-hydrogen) atoms. The van der Waals surface area contributed by atoms with Crippen molar-refractivity contribution >= 4 is 28.3 Å². The van der Waals surface area contributed by atoms with Gasteiger partial charge in [-0.3, -0.25) is 0 Å². The molecule has 3 aromatic rings. The maximum Gasteiger partial charge on any atom is 0.224 e. The van der Waals surface area contributed by atoms with Crippen molar-refractivity contribution in [3.63, 3.8) is 0 Å². The van der Waals surface area contributed by atoms with Crippen LogP contribution in [-0.2, 0) is 0 Å². The van der Waals surface area contributed by atoms with E-state index < -0.39 is 0 Å². The maximum atomic E-state index is 13.0. The highest BCUT2D eigenvalue weighted by Crippen LogP contribution is 2.25. The van der Waals surface area contributed by atoms with Gasteiger partial charge < -0.3 is 5.32 Å². The zero-order chi connectivity index (χ0) is 14.8. The molecular formula is C16H13ClFN3. The van der Waals surface area contributed by atoms with Gasteiger partial charge in [0.1, 0.15) is 11.6 Å². The van der Waals surface area contributed by atoms with Crippen LogP contribution in [0, 0.1) is 5.82 Å². The molecule has 3 nitrogen and oxygen atoms in total. The minimum Gasteiger partial charge on any atom is -0.363 e. The van der Waals surface area contributed by atoms with Crippen molar-refractivity contribution in [2.24, 2.45) is 0 Å². The molecule has 0 spiro atoms. The zero-order valence-corrected chi connectivity index (χ0v) is 12.1. The average molecular weight is 302 g/mol. The number of nitrogens with one attached hydrogen (secondary N) is 1. The lowest BCUT2D eigenvalue weighted by atomic mass is 10.1. The third-order valence-electron chi connectivity index (χ3n) is 3.30. The standard InChI is InChI=1S/C16H13ClFN3/c1-10(11-6-8-12(18)9-7-11)19-15-13-4-2-3-5-14(13)20-16(17)21-15/h2-10H,1H3,(H,19,20,21). The lowest BCUT2D eigenvalue weighted by molar-refractivity contribution is 0.626. The third-order valence-corrected chi connectivity index (χ3v) is 3.47. The quantitative estimate of drug-likeness (QED) is 0.719. The molecule has 1 heterocycles. The van der Waals surface area contributed by atoms with Gasteiger partial charge in [-0.2, -0.15) is 0 Å². The van der Waals surface area contributed by atoms with Gasteiger partial charge >= 0.3 is 0 Å². The van der Waals surface area contributed by atoms with E-state index in [-0.39, 0.29) is 17.1 Å². The van der Waals surface area contributed by atoms with Gasteiger partial charge in [-0.25, -0.2) is 14.4 Å². The highest BCUT2D eigenvalue weighted by molar-refractivity contribution is 6.28. The van der Waals surface area contributed by atoms with E-state index in [9.17, 15) is 4.39 Å². The van der Waals surface area contributed by atoms with Gasteiger partial charge in [0.05, 0.1) is 5.52 Å². The predicted molar refractivity (Wildman–Crippen MR) is 83.0 cm³/mol. The first-order chi connectivity index (χ1) is 10.1. The van der Waals surface area contributed by atoms with Crippen molar-refractivity contribution in [3.8, 4) is 0 Å². The van der Waals surface area contributed by atoms with E-state index in [1.807, 2.05) is 31.2 Å². The summed E-state index contributed by atoms with van der Waals surface area (Å²) in [5.41, 5.74) is 1.75. The van der Waals surface area contributed by atoms with Gasteiger partial charge in [-0.05, 0) is 48.4 Å². The molecule has 106 valence electrons. The fraction of sp³-hybridized carbons (Fsp3) is 0.125. The molecule has 0 fully saturated rings. The predicted octanol–water partition coefficient (Wildman–Crippen LogP) is 4.60. The average Bonchev–Trinajstić information content (AvgIpc) is 2.47. The van der Waals surface area contributed by atoms with Gasteiger partial charge in [0, 0.05) is 11.4 Å². The number of anilines is 1. The molecule has 0 bridgehead atoms. The number of aromatic nitrogens is 2. The molecule has 3 rings (SSSR count). The third kappa shape index (κ3) is 2.95. The number of benzene rings is 2. The molecule has 0 saturated heterocycles. The molecule has 0 aliphatic carbocycles. The van der Waals surface area contributed by atoms with Crippen LogP contribution < -0.4 is 5.32 Å². The SMILES string of the molecule is CC(Nc1nc(Cl)nc2ccccc12)c1ccc(F)cc1. The number of halogens is 2. The molecule has 1 atom stereocenters. The van der Waals surface area contributed by atoms with Crippen LogP contribution in [-0.4, -0.2) is 9.97 Å². The van der Waals surface area contributed by atoms with Gasteiger partial charge in [0.2, 0.25) is 5.28 Å². The Balaban J connectivity index is 1.95. The molecular weight excluding hydrogens is 289 g/mol. The Morgan fingerprint density at radius 1 is 1.05 bits per heavy atom.